The molecule has 1 aromatic carbocycles. The van der Waals surface area contributed by atoms with Crippen molar-refractivity contribution in [3.8, 4) is 11.3 Å². The van der Waals surface area contributed by atoms with E-state index in [1.165, 1.54) is 11.8 Å². The molecule has 1 fully saturated rings. The Hall–Kier alpha value is -3.55. The summed E-state index contributed by atoms with van der Waals surface area (Å²) in [5, 5.41) is 4.23. The molecular formula is C25H29N5O3. The Morgan fingerprint density at radius 3 is 2.55 bits per heavy atom. The van der Waals surface area contributed by atoms with Gasteiger partial charge in [0.2, 0.25) is 5.91 Å². The molecule has 0 unspecified atom stereocenters. The van der Waals surface area contributed by atoms with Crippen molar-refractivity contribution in [2.75, 3.05) is 27.2 Å². The average Bonchev–Trinajstić information content (AvgIpc) is 3.27. The Kier molecular flexibility index (Phi) is 6.26. The molecule has 3 heterocycles. The predicted octanol–water partition coefficient (Wildman–Crippen LogP) is 3.30. The van der Waals surface area contributed by atoms with E-state index in [2.05, 4.69) is 15.1 Å². The second-order valence-corrected chi connectivity index (χ2v) is 9.07. The fourth-order valence-corrected chi connectivity index (χ4v) is 4.43. The summed E-state index contributed by atoms with van der Waals surface area (Å²) in [5.74, 6) is 0.393. The van der Waals surface area contributed by atoms with E-state index >= 15 is 0 Å². The van der Waals surface area contributed by atoms with Gasteiger partial charge in [-0.3, -0.25) is 14.6 Å². The second-order valence-electron chi connectivity index (χ2n) is 9.07. The van der Waals surface area contributed by atoms with Gasteiger partial charge in [-0.1, -0.05) is 35.0 Å². The largest absolute Gasteiger partial charge is 0.361 e. The molecule has 0 radical (unpaired) electrons. The molecule has 0 aliphatic carbocycles. The molecule has 172 valence electrons. The van der Waals surface area contributed by atoms with Crippen molar-refractivity contribution in [1.29, 1.82) is 0 Å². The number of rotatable bonds is 5. The van der Waals surface area contributed by atoms with Crippen molar-refractivity contribution in [3.05, 3.63) is 65.4 Å². The van der Waals surface area contributed by atoms with E-state index in [0.29, 0.717) is 38.1 Å². The van der Waals surface area contributed by atoms with Crippen LogP contribution in [-0.4, -0.2) is 63.9 Å². The van der Waals surface area contributed by atoms with Crippen LogP contribution in [0.4, 0.5) is 0 Å². The Bertz CT molecular complexity index is 1140. The van der Waals surface area contributed by atoms with Crippen molar-refractivity contribution < 1.29 is 14.1 Å². The van der Waals surface area contributed by atoms with Crippen LogP contribution in [-0.2, 0) is 11.2 Å². The molecule has 4 rings (SSSR count). The summed E-state index contributed by atoms with van der Waals surface area (Å²) < 4.78 is 5.65. The van der Waals surface area contributed by atoms with Gasteiger partial charge < -0.3 is 14.3 Å². The lowest BCUT2D eigenvalue weighted by Gasteiger charge is -2.42. The van der Waals surface area contributed by atoms with E-state index in [-0.39, 0.29) is 17.5 Å². The number of hydrogen-bond donors (Lipinski definition) is 0. The molecule has 2 aromatic heterocycles. The van der Waals surface area contributed by atoms with Gasteiger partial charge in [0.25, 0.3) is 5.91 Å². The maximum Gasteiger partial charge on any atom is 0.274 e. The summed E-state index contributed by atoms with van der Waals surface area (Å²) in [6.45, 7) is 4.72. The SMILES string of the molecule is Cc1ccc(-c2cc(C[C@]3(C(=O)N(C)C)CCCN(C(=O)c4cnc(C)cn4)C3)on2)cc1. The molecule has 0 spiro atoms. The summed E-state index contributed by atoms with van der Waals surface area (Å²) in [5.41, 5.74) is 3.10. The Morgan fingerprint density at radius 1 is 1.12 bits per heavy atom. The topological polar surface area (TPSA) is 92.4 Å². The van der Waals surface area contributed by atoms with Gasteiger partial charge in [-0.15, -0.1) is 0 Å². The summed E-state index contributed by atoms with van der Waals surface area (Å²) >= 11 is 0. The Morgan fingerprint density at radius 2 is 1.88 bits per heavy atom. The molecule has 0 N–H and O–H groups in total. The number of likely N-dealkylation sites (tertiary alicyclic amines) is 1. The first-order valence-electron chi connectivity index (χ1n) is 11.1. The number of carbonyl (C=O) groups is 2. The van der Waals surface area contributed by atoms with Crippen molar-refractivity contribution >= 4 is 11.8 Å². The molecule has 0 bridgehead atoms. The highest BCUT2D eigenvalue weighted by molar-refractivity contribution is 5.93. The van der Waals surface area contributed by atoms with Crippen molar-refractivity contribution in [2.45, 2.75) is 33.1 Å². The summed E-state index contributed by atoms with van der Waals surface area (Å²) in [7, 11) is 3.49. The van der Waals surface area contributed by atoms with E-state index in [0.717, 1.165) is 17.0 Å². The van der Waals surface area contributed by atoms with E-state index in [1.807, 2.05) is 44.2 Å². The van der Waals surface area contributed by atoms with E-state index in [9.17, 15) is 9.59 Å². The van der Waals surface area contributed by atoms with Gasteiger partial charge in [0.15, 0.2) is 0 Å². The quantitative estimate of drug-likeness (QED) is 0.596. The minimum absolute atomic E-state index is 0.0247. The maximum atomic E-state index is 13.4. The van der Waals surface area contributed by atoms with Crippen LogP contribution < -0.4 is 0 Å². The van der Waals surface area contributed by atoms with Crippen molar-refractivity contribution in [1.82, 2.24) is 24.9 Å². The predicted molar refractivity (Wildman–Crippen MR) is 123 cm³/mol. The van der Waals surface area contributed by atoms with Crippen LogP contribution in [0.15, 0.2) is 47.2 Å². The van der Waals surface area contributed by atoms with E-state index < -0.39 is 5.41 Å². The molecule has 1 saturated heterocycles. The zero-order chi connectivity index (χ0) is 23.6. The normalized spacial score (nSPS) is 18.2. The van der Waals surface area contributed by atoms with Gasteiger partial charge >= 0.3 is 0 Å². The third kappa shape index (κ3) is 4.79. The molecule has 1 atom stereocenters. The molecule has 8 nitrogen and oxygen atoms in total. The first-order valence-corrected chi connectivity index (χ1v) is 11.1. The summed E-state index contributed by atoms with van der Waals surface area (Å²) in [6.07, 6.45) is 4.81. The molecule has 1 aliphatic rings. The monoisotopic (exact) mass is 447 g/mol. The third-order valence-corrected chi connectivity index (χ3v) is 6.14. The van der Waals surface area contributed by atoms with Crippen LogP contribution in [0.1, 0.15) is 40.3 Å². The number of amides is 2. The number of aromatic nitrogens is 3. The van der Waals surface area contributed by atoms with Crippen LogP contribution in [0.5, 0.6) is 0 Å². The highest BCUT2D eigenvalue weighted by atomic mass is 16.5. The third-order valence-electron chi connectivity index (χ3n) is 6.14. The number of aryl methyl sites for hydroxylation is 2. The fourth-order valence-electron chi connectivity index (χ4n) is 4.43. The summed E-state index contributed by atoms with van der Waals surface area (Å²) in [4.78, 5) is 38.2. The summed E-state index contributed by atoms with van der Waals surface area (Å²) in [6, 6.07) is 9.95. The average molecular weight is 448 g/mol. The minimum atomic E-state index is -0.792. The van der Waals surface area contributed by atoms with Gasteiger partial charge in [0.1, 0.15) is 17.1 Å². The molecule has 3 aromatic rings. The molecule has 2 amide bonds. The highest BCUT2D eigenvalue weighted by Crippen LogP contribution is 2.37. The smallest absolute Gasteiger partial charge is 0.274 e. The van der Waals surface area contributed by atoms with Crippen molar-refractivity contribution in [3.63, 3.8) is 0 Å². The molecule has 8 heteroatoms. The number of carbonyl (C=O) groups excluding carboxylic acids is 2. The molecule has 1 aliphatic heterocycles. The number of hydrogen-bond acceptors (Lipinski definition) is 6. The molecule has 0 saturated carbocycles. The van der Waals surface area contributed by atoms with Gasteiger partial charge in [-0.2, -0.15) is 0 Å². The van der Waals surface area contributed by atoms with Gasteiger partial charge in [-0.05, 0) is 26.7 Å². The van der Waals surface area contributed by atoms with Gasteiger partial charge in [0.05, 0.1) is 17.3 Å². The minimum Gasteiger partial charge on any atom is -0.361 e. The zero-order valence-electron chi connectivity index (χ0n) is 19.5. The van der Waals surface area contributed by atoms with Crippen molar-refractivity contribution in [2.24, 2.45) is 5.41 Å². The maximum absolute atomic E-state index is 13.4. The van der Waals surface area contributed by atoms with Gasteiger partial charge in [-0.25, -0.2) is 4.98 Å². The molecular weight excluding hydrogens is 418 g/mol. The van der Waals surface area contributed by atoms with E-state index in [4.69, 9.17) is 4.52 Å². The fraction of sp³-hybridized carbons (Fsp3) is 0.400. The first kappa shape index (κ1) is 22.6. The Labute approximate surface area is 193 Å². The van der Waals surface area contributed by atoms with Crippen LogP contribution in [0, 0.1) is 19.3 Å². The zero-order valence-corrected chi connectivity index (χ0v) is 19.5. The highest BCUT2D eigenvalue weighted by Gasteiger charge is 2.45. The molecule has 33 heavy (non-hydrogen) atoms. The van der Waals surface area contributed by atoms with Crippen LogP contribution in [0.3, 0.4) is 0 Å². The number of benzene rings is 1. The van der Waals surface area contributed by atoms with Crippen LogP contribution in [0.25, 0.3) is 11.3 Å². The second kappa shape index (κ2) is 9.13. The lowest BCUT2D eigenvalue weighted by Crippen LogP contribution is -2.54. The number of nitrogens with zero attached hydrogens (tertiary/aromatic N) is 5. The Balaban J connectivity index is 1.60. The standard InChI is InChI=1S/C25H29N5O3/c1-17-6-8-19(9-7-17)21-12-20(33-28-21)13-25(24(32)29(3)4)10-5-11-30(16-25)23(31)22-15-26-18(2)14-27-22/h6-9,12,14-15H,5,10-11,13,16H2,1-4H3/t25-/m1/s1. The first-order chi connectivity index (χ1) is 15.8. The number of piperidine rings is 1. The lowest BCUT2D eigenvalue weighted by molar-refractivity contribution is -0.142. The van der Waals surface area contributed by atoms with Crippen LogP contribution >= 0.6 is 0 Å². The lowest BCUT2D eigenvalue weighted by atomic mass is 9.75. The van der Waals surface area contributed by atoms with E-state index in [1.54, 1.807) is 30.1 Å². The van der Waals surface area contributed by atoms with Crippen LogP contribution in [0.2, 0.25) is 0 Å². The van der Waals surface area contributed by atoms with Gasteiger partial charge in [0, 0.05) is 51.4 Å².